The summed E-state index contributed by atoms with van der Waals surface area (Å²) in [5.41, 5.74) is 0.817. The fraction of sp³-hybridized carbons (Fsp3) is 0.571. The molecule has 0 saturated heterocycles. The van der Waals surface area contributed by atoms with Crippen LogP contribution >= 0.6 is 0 Å². The van der Waals surface area contributed by atoms with E-state index in [1.165, 1.54) is 0 Å². The predicted molar refractivity (Wildman–Crippen MR) is 71.9 cm³/mol. The molecule has 0 saturated carbocycles. The van der Waals surface area contributed by atoms with Gasteiger partial charge >= 0.3 is 0 Å². The summed E-state index contributed by atoms with van der Waals surface area (Å²) in [5.74, 6) is 1.03. The van der Waals surface area contributed by atoms with Crippen molar-refractivity contribution < 1.29 is 14.9 Å². The van der Waals surface area contributed by atoms with Crippen LogP contribution in [0.2, 0.25) is 0 Å². The molecular formula is C14H23NO3. The molecule has 0 heterocycles. The van der Waals surface area contributed by atoms with Crippen molar-refractivity contribution in [2.75, 3.05) is 13.2 Å². The van der Waals surface area contributed by atoms with E-state index >= 15 is 0 Å². The van der Waals surface area contributed by atoms with Crippen molar-refractivity contribution in [2.45, 2.75) is 39.3 Å². The molecule has 4 nitrogen and oxygen atoms in total. The maximum atomic E-state index is 9.77. The molecule has 3 N–H and O–H groups in total. The summed E-state index contributed by atoms with van der Waals surface area (Å²) in [6.45, 7) is 5.37. The van der Waals surface area contributed by atoms with Gasteiger partial charge in [0.05, 0.1) is 6.61 Å². The summed E-state index contributed by atoms with van der Waals surface area (Å²) in [7, 11) is 0. The minimum Gasteiger partial charge on any atom is -0.508 e. The van der Waals surface area contributed by atoms with Gasteiger partial charge in [-0.1, -0.05) is 6.92 Å². The number of aromatic hydroxyl groups is 1. The first kappa shape index (κ1) is 14.8. The molecule has 0 bridgehead atoms. The Hall–Kier alpha value is -1.26. The van der Waals surface area contributed by atoms with Crippen LogP contribution in [0.1, 0.15) is 32.3 Å². The molecule has 0 aliphatic carbocycles. The quantitative estimate of drug-likeness (QED) is 0.663. The highest BCUT2D eigenvalue weighted by atomic mass is 16.5. The zero-order valence-electron chi connectivity index (χ0n) is 11.1. The van der Waals surface area contributed by atoms with Gasteiger partial charge < -0.3 is 20.3 Å². The van der Waals surface area contributed by atoms with Crippen molar-refractivity contribution in [3.8, 4) is 11.5 Å². The Bertz CT molecular complexity index is 355. The van der Waals surface area contributed by atoms with E-state index in [9.17, 15) is 5.11 Å². The summed E-state index contributed by atoms with van der Waals surface area (Å²) in [4.78, 5) is 0. The Morgan fingerprint density at radius 3 is 2.72 bits per heavy atom. The number of phenolic OH excluding ortho intramolecular Hbond substituents is 1. The number of nitrogens with one attached hydrogen (secondary N) is 1. The number of ether oxygens (including phenoxy) is 1. The number of benzene rings is 1. The fourth-order valence-electron chi connectivity index (χ4n) is 1.82. The predicted octanol–water partition coefficient (Wildman–Crippen LogP) is 2.04. The van der Waals surface area contributed by atoms with Gasteiger partial charge in [0.25, 0.3) is 0 Å². The molecule has 0 aromatic heterocycles. The second-order valence-corrected chi connectivity index (χ2v) is 4.22. The van der Waals surface area contributed by atoms with Gasteiger partial charge in [0, 0.05) is 24.8 Å². The third-order valence-corrected chi connectivity index (χ3v) is 2.91. The third-order valence-electron chi connectivity index (χ3n) is 2.91. The Kier molecular flexibility index (Phi) is 6.54. The van der Waals surface area contributed by atoms with Crippen LogP contribution in [-0.2, 0) is 6.54 Å². The van der Waals surface area contributed by atoms with Gasteiger partial charge in [-0.15, -0.1) is 0 Å². The minimum absolute atomic E-state index is 0.177. The number of rotatable bonds is 8. The van der Waals surface area contributed by atoms with Crippen molar-refractivity contribution >= 4 is 0 Å². The molecule has 1 rings (SSSR count). The summed E-state index contributed by atoms with van der Waals surface area (Å²) in [5, 5.41) is 22.0. The zero-order chi connectivity index (χ0) is 13.4. The molecule has 0 radical (unpaired) electrons. The van der Waals surface area contributed by atoms with Crippen molar-refractivity contribution in [1.29, 1.82) is 0 Å². The van der Waals surface area contributed by atoms with Gasteiger partial charge in [-0.3, -0.25) is 0 Å². The first-order valence-corrected chi connectivity index (χ1v) is 6.50. The van der Waals surface area contributed by atoms with Crippen molar-refractivity contribution in [3.05, 3.63) is 23.8 Å². The lowest BCUT2D eigenvalue weighted by atomic mass is 10.1. The van der Waals surface area contributed by atoms with Crippen LogP contribution in [0.25, 0.3) is 0 Å². The average Bonchev–Trinajstić information content (AvgIpc) is 2.38. The Labute approximate surface area is 109 Å². The van der Waals surface area contributed by atoms with E-state index in [0.29, 0.717) is 13.2 Å². The molecule has 0 amide bonds. The highest BCUT2D eigenvalue weighted by Gasteiger charge is 2.08. The molecule has 0 spiro atoms. The third kappa shape index (κ3) is 4.55. The summed E-state index contributed by atoms with van der Waals surface area (Å²) in [6, 6.07) is 5.52. The highest BCUT2D eigenvalue weighted by molar-refractivity contribution is 5.39. The largest absolute Gasteiger partial charge is 0.508 e. The normalized spacial score (nSPS) is 12.4. The molecule has 102 valence electrons. The van der Waals surface area contributed by atoms with E-state index in [-0.39, 0.29) is 18.4 Å². The van der Waals surface area contributed by atoms with Crippen LogP contribution in [0.4, 0.5) is 0 Å². The van der Waals surface area contributed by atoms with Gasteiger partial charge in [-0.25, -0.2) is 0 Å². The SMILES string of the molecule is CCOc1ccc(O)c(CNC(CC)CCO)c1. The smallest absolute Gasteiger partial charge is 0.120 e. The molecule has 1 aromatic rings. The topological polar surface area (TPSA) is 61.7 Å². The molecule has 0 aliphatic rings. The molecule has 1 atom stereocenters. The van der Waals surface area contributed by atoms with E-state index in [2.05, 4.69) is 12.2 Å². The first-order valence-electron chi connectivity index (χ1n) is 6.50. The van der Waals surface area contributed by atoms with Gasteiger partial charge in [0.1, 0.15) is 11.5 Å². The Morgan fingerprint density at radius 2 is 2.11 bits per heavy atom. The second kappa shape index (κ2) is 7.95. The number of phenols is 1. The lowest BCUT2D eigenvalue weighted by Gasteiger charge is -2.16. The van der Waals surface area contributed by atoms with Crippen LogP contribution in [0, 0.1) is 0 Å². The molecule has 1 aromatic carbocycles. The minimum atomic E-state index is 0.177. The van der Waals surface area contributed by atoms with Crippen molar-refractivity contribution in [1.82, 2.24) is 5.32 Å². The summed E-state index contributed by atoms with van der Waals surface area (Å²) >= 11 is 0. The monoisotopic (exact) mass is 253 g/mol. The maximum absolute atomic E-state index is 9.77. The second-order valence-electron chi connectivity index (χ2n) is 4.22. The fourth-order valence-corrected chi connectivity index (χ4v) is 1.82. The number of hydrogen-bond donors (Lipinski definition) is 3. The van der Waals surface area contributed by atoms with Gasteiger partial charge in [-0.05, 0) is 38.0 Å². The molecule has 18 heavy (non-hydrogen) atoms. The van der Waals surface area contributed by atoms with Crippen LogP contribution in [0.15, 0.2) is 18.2 Å². The maximum Gasteiger partial charge on any atom is 0.120 e. The first-order chi connectivity index (χ1) is 8.71. The van der Waals surface area contributed by atoms with Crippen LogP contribution in [-0.4, -0.2) is 29.5 Å². The molecule has 4 heteroatoms. The average molecular weight is 253 g/mol. The summed E-state index contributed by atoms with van der Waals surface area (Å²) < 4.78 is 5.40. The molecule has 0 aliphatic heterocycles. The van der Waals surface area contributed by atoms with Gasteiger partial charge in [0.2, 0.25) is 0 Å². The highest BCUT2D eigenvalue weighted by Crippen LogP contribution is 2.23. The lowest BCUT2D eigenvalue weighted by Crippen LogP contribution is -2.28. The summed E-state index contributed by atoms with van der Waals surface area (Å²) in [6.07, 6.45) is 1.68. The number of hydrogen-bond acceptors (Lipinski definition) is 4. The van der Waals surface area contributed by atoms with Gasteiger partial charge in [-0.2, -0.15) is 0 Å². The molecule has 1 unspecified atom stereocenters. The molecular weight excluding hydrogens is 230 g/mol. The lowest BCUT2D eigenvalue weighted by molar-refractivity contribution is 0.261. The zero-order valence-corrected chi connectivity index (χ0v) is 11.1. The van der Waals surface area contributed by atoms with Crippen LogP contribution in [0.3, 0.4) is 0 Å². The standard InChI is InChI=1S/C14H23NO3/c1-3-12(7-8-16)15-10-11-9-13(18-4-2)5-6-14(11)17/h5-6,9,12,15-17H,3-4,7-8,10H2,1-2H3. The van der Waals surface area contributed by atoms with E-state index in [0.717, 1.165) is 24.2 Å². The van der Waals surface area contributed by atoms with Gasteiger partial charge in [0.15, 0.2) is 0 Å². The van der Waals surface area contributed by atoms with E-state index < -0.39 is 0 Å². The number of aliphatic hydroxyl groups excluding tert-OH is 1. The Morgan fingerprint density at radius 1 is 1.33 bits per heavy atom. The Balaban J connectivity index is 2.62. The molecule has 0 fully saturated rings. The van der Waals surface area contributed by atoms with Crippen LogP contribution < -0.4 is 10.1 Å². The van der Waals surface area contributed by atoms with Crippen molar-refractivity contribution in [3.63, 3.8) is 0 Å². The van der Waals surface area contributed by atoms with E-state index in [1.807, 2.05) is 13.0 Å². The van der Waals surface area contributed by atoms with Crippen molar-refractivity contribution in [2.24, 2.45) is 0 Å². The number of aliphatic hydroxyl groups is 1. The van der Waals surface area contributed by atoms with E-state index in [4.69, 9.17) is 9.84 Å². The van der Waals surface area contributed by atoms with Crippen LogP contribution in [0.5, 0.6) is 11.5 Å². The van der Waals surface area contributed by atoms with E-state index in [1.54, 1.807) is 12.1 Å².